The molecule has 0 saturated carbocycles. The average molecular weight is 256 g/mol. The zero-order chi connectivity index (χ0) is 13.1. The second kappa shape index (κ2) is 5.11. The van der Waals surface area contributed by atoms with Crippen LogP contribution < -0.4 is 0 Å². The maximum absolute atomic E-state index is 12.1. The Labute approximate surface area is 112 Å². The number of carbonyl (C=O) groups is 1. The highest BCUT2D eigenvalue weighted by Gasteiger charge is 2.43. The minimum atomic E-state index is -0.459. The molecule has 98 valence electrons. The Balaban J connectivity index is 1.68. The van der Waals surface area contributed by atoms with Crippen LogP contribution in [-0.4, -0.2) is 24.3 Å². The number of hydrogen-bond acceptors (Lipinski definition) is 3. The van der Waals surface area contributed by atoms with Crippen LogP contribution in [0.3, 0.4) is 0 Å². The fraction of sp³-hybridized carbons (Fsp3) is 0.312. The highest BCUT2D eigenvalue weighted by molar-refractivity contribution is 5.96. The molecule has 1 saturated heterocycles. The van der Waals surface area contributed by atoms with Crippen molar-refractivity contribution >= 4 is 5.78 Å². The summed E-state index contributed by atoms with van der Waals surface area (Å²) >= 11 is 0. The second-order valence-electron chi connectivity index (χ2n) is 4.84. The van der Waals surface area contributed by atoms with E-state index >= 15 is 0 Å². The first-order valence-corrected chi connectivity index (χ1v) is 6.50. The van der Waals surface area contributed by atoms with Gasteiger partial charge < -0.3 is 9.47 Å². The normalized spacial score (nSPS) is 28.3. The molecular weight excluding hydrogens is 240 g/mol. The number of carbonyl (C=O) groups excluding carboxylic acids is 1. The third-order valence-corrected chi connectivity index (χ3v) is 3.67. The third kappa shape index (κ3) is 2.39. The molecule has 0 radical (unpaired) electrons. The standard InChI is InChI=1S/C16H16O3/c17-14(13-6-2-1-3-7-13)9-11-16-10-5-4-8-15(16)18-12-19-16/h1-8,10,15H,9,11-12H2. The number of rotatable bonds is 4. The summed E-state index contributed by atoms with van der Waals surface area (Å²) in [4.78, 5) is 12.1. The second-order valence-corrected chi connectivity index (χ2v) is 4.84. The SMILES string of the molecule is O=C(CCC12C=CC=CC1OCO2)c1ccccc1. The molecule has 19 heavy (non-hydrogen) atoms. The molecule has 0 spiro atoms. The number of Topliss-reactive ketones (excluding diaryl/α,β-unsaturated/α-hetero) is 1. The molecule has 2 atom stereocenters. The molecule has 3 rings (SSSR count). The van der Waals surface area contributed by atoms with Crippen molar-refractivity contribution in [2.45, 2.75) is 24.5 Å². The number of fused-ring (bicyclic) bond motifs is 1. The van der Waals surface area contributed by atoms with Crippen LogP contribution in [0.5, 0.6) is 0 Å². The van der Waals surface area contributed by atoms with Crippen LogP contribution in [0.25, 0.3) is 0 Å². The van der Waals surface area contributed by atoms with Crippen LogP contribution >= 0.6 is 0 Å². The van der Waals surface area contributed by atoms with E-state index in [1.165, 1.54) is 0 Å². The van der Waals surface area contributed by atoms with Crippen LogP contribution in [0, 0.1) is 0 Å². The van der Waals surface area contributed by atoms with Crippen molar-refractivity contribution in [3.05, 3.63) is 60.2 Å². The highest BCUT2D eigenvalue weighted by Crippen LogP contribution is 2.35. The average Bonchev–Trinajstić information content (AvgIpc) is 2.90. The Morgan fingerprint density at radius 3 is 2.95 bits per heavy atom. The fourth-order valence-corrected chi connectivity index (χ4v) is 2.56. The molecule has 3 heteroatoms. The van der Waals surface area contributed by atoms with Crippen molar-refractivity contribution in [3.63, 3.8) is 0 Å². The predicted molar refractivity (Wildman–Crippen MR) is 71.8 cm³/mol. The Bertz CT molecular complexity index is 518. The molecule has 1 aliphatic heterocycles. The molecule has 1 heterocycles. The van der Waals surface area contributed by atoms with Crippen molar-refractivity contribution in [2.24, 2.45) is 0 Å². The van der Waals surface area contributed by atoms with Gasteiger partial charge in [-0.2, -0.15) is 0 Å². The van der Waals surface area contributed by atoms with Crippen molar-refractivity contribution in [1.29, 1.82) is 0 Å². The zero-order valence-electron chi connectivity index (χ0n) is 10.6. The van der Waals surface area contributed by atoms with E-state index in [0.717, 1.165) is 5.56 Å². The smallest absolute Gasteiger partial charge is 0.162 e. The van der Waals surface area contributed by atoms with E-state index < -0.39 is 5.60 Å². The summed E-state index contributed by atoms with van der Waals surface area (Å²) in [5.74, 6) is 0.146. The molecule has 0 aromatic heterocycles. The summed E-state index contributed by atoms with van der Waals surface area (Å²) in [6.45, 7) is 0.291. The van der Waals surface area contributed by atoms with Crippen LogP contribution in [0.15, 0.2) is 54.6 Å². The molecule has 2 unspecified atom stereocenters. The lowest BCUT2D eigenvalue weighted by Gasteiger charge is -2.29. The van der Waals surface area contributed by atoms with E-state index in [0.29, 0.717) is 19.6 Å². The number of ether oxygens (including phenoxy) is 2. The van der Waals surface area contributed by atoms with Gasteiger partial charge in [0.25, 0.3) is 0 Å². The molecule has 1 aliphatic carbocycles. The van der Waals surface area contributed by atoms with E-state index in [1.54, 1.807) is 0 Å². The zero-order valence-corrected chi connectivity index (χ0v) is 10.6. The topological polar surface area (TPSA) is 35.5 Å². The Kier molecular flexibility index (Phi) is 3.32. The number of benzene rings is 1. The van der Waals surface area contributed by atoms with Gasteiger partial charge in [0.05, 0.1) is 0 Å². The summed E-state index contributed by atoms with van der Waals surface area (Å²) in [6, 6.07) is 9.37. The summed E-state index contributed by atoms with van der Waals surface area (Å²) in [7, 11) is 0. The summed E-state index contributed by atoms with van der Waals surface area (Å²) in [6.07, 6.45) is 8.94. The van der Waals surface area contributed by atoms with Crippen molar-refractivity contribution in [3.8, 4) is 0 Å². The van der Waals surface area contributed by atoms with Gasteiger partial charge in [0, 0.05) is 12.0 Å². The molecular formula is C16H16O3. The van der Waals surface area contributed by atoms with E-state index in [-0.39, 0.29) is 11.9 Å². The van der Waals surface area contributed by atoms with Gasteiger partial charge in [0.15, 0.2) is 5.78 Å². The quantitative estimate of drug-likeness (QED) is 0.777. The van der Waals surface area contributed by atoms with Gasteiger partial charge in [-0.25, -0.2) is 0 Å². The Hall–Kier alpha value is -1.71. The highest BCUT2D eigenvalue weighted by atomic mass is 16.7. The number of allylic oxidation sites excluding steroid dienone is 2. The van der Waals surface area contributed by atoms with Crippen molar-refractivity contribution in [2.75, 3.05) is 6.79 Å². The van der Waals surface area contributed by atoms with Crippen LogP contribution in [0.4, 0.5) is 0 Å². The molecule has 3 nitrogen and oxygen atoms in total. The van der Waals surface area contributed by atoms with Crippen LogP contribution in [-0.2, 0) is 9.47 Å². The van der Waals surface area contributed by atoms with Gasteiger partial charge in [0.2, 0.25) is 0 Å². The molecule has 0 amide bonds. The van der Waals surface area contributed by atoms with Crippen LogP contribution in [0.2, 0.25) is 0 Å². The lowest BCUT2D eigenvalue weighted by Crippen LogP contribution is -2.38. The molecule has 1 fully saturated rings. The minimum absolute atomic E-state index is 0.0685. The largest absolute Gasteiger partial charge is 0.345 e. The lowest BCUT2D eigenvalue weighted by molar-refractivity contribution is 0.0126. The van der Waals surface area contributed by atoms with Gasteiger partial charge in [-0.05, 0) is 12.5 Å². The summed E-state index contributed by atoms with van der Waals surface area (Å²) in [5, 5.41) is 0. The lowest BCUT2D eigenvalue weighted by atomic mass is 9.86. The first kappa shape index (κ1) is 12.3. The monoisotopic (exact) mass is 256 g/mol. The Morgan fingerprint density at radius 2 is 2.11 bits per heavy atom. The molecule has 0 bridgehead atoms. The maximum atomic E-state index is 12.1. The van der Waals surface area contributed by atoms with Gasteiger partial charge >= 0.3 is 0 Å². The van der Waals surface area contributed by atoms with Crippen LogP contribution in [0.1, 0.15) is 23.2 Å². The van der Waals surface area contributed by atoms with Gasteiger partial charge in [-0.15, -0.1) is 0 Å². The minimum Gasteiger partial charge on any atom is -0.345 e. The first-order valence-electron chi connectivity index (χ1n) is 6.50. The van der Waals surface area contributed by atoms with Gasteiger partial charge in [0.1, 0.15) is 18.5 Å². The maximum Gasteiger partial charge on any atom is 0.162 e. The van der Waals surface area contributed by atoms with E-state index in [1.807, 2.05) is 54.6 Å². The molecule has 0 N–H and O–H groups in total. The van der Waals surface area contributed by atoms with Gasteiger partial charge in [-0.3, -0.25) is 4.79 Å². The summed E-state index contributed by atoms with van der Waals surface area (Å²) < 4.78 is 11.2. The predicted octanol–water partition coefficient (Wildman–Crippen LogP) is 2.89. The third-order valence-electron chi connectivity index (χ3n) is 3.67. The van der Waals surface area contributed by atoms with Crippen molar-refractivity contribution in [1.82, 2.24) is 0 Å². The van der Waals surface area contributed by atoms with Crippen molar-refractivity contribution < 1.29 is 14.3 Å². The van der Waals surface area contributed by atoms with E-state index in [4.69, 9.17) is 9.47 Å². The van der Waals surface area contributed by atoms with E-state index in [9.17, 15) is 4.79 Å². The van der Waals surface area contributed by atoms with Gasteiger partial charge in [-0.1, -0.05) is 48.6 Å². The van der Waals surface area contributed by atoms with E-state index in [2.05, 4.69) is 0 Å². The molecule has 1 aromatic carbocycles. The summed E-state index contributed by atoms with van der Waals surface area (Å²) in [5.41, 5.74) is 0.295. The fourth-order valence-electron chi connectivity index (χ4n) is 2.56. The number of ketones is 1. The number of hydrogen-bond donors (Lipinski definition) is 0. The first-order chi connectivity index (χ1) is 9.30. The molecule has 1 aromatic rings. The Morgan fingerprint density at radius 1 is 1.26 bits per heavy atom. The molecule has 2 aliphatic rings.